The molecule has 1 aliphatic carbocycles. The molecule has 0 radical (unpaired) electrons. The number of nitrogens with one attached hydrogen (secondary N) is 2. The molecule has 2 fully saturated rings. The van der Waals surface area contributed by atoms with Crippen molar-refractivity contribution in [2.75, 3.05) is 33.9 Å². The standard InChI is InChI=1S/C20H31N3O3/c1-20(2)17(15-9-11-26-18(15)20)23-19(21-3)22-10-12-25-13-14-7-5-6-8-16(14)24-4/h5-8,15,17-18H,9-13H2,1-4H3,(H2,21,22,23). The van der Waals surface area contributed by atoms with Crippen LogP contribution in [0.2, 0.25) is 0 Å². The highest BCUT2D eigenvalue weighted by molar-refractivity contribution is 5.80. The molecule has 3 atom stereocenters. The van der Waals surface area contributed by atoms with Gasteiger partial charge in [0.05, 0.1) is 26.4 Å². The summed E-state index contributed by atoms with van der Waals surface area (Å²) in [4.78, 5) is 4.35. The van der Waals surface area contributed by atoms with E-state index in [2.05, 4.69) is 29.5 Å². The molecule has 0 bridgehead atoms. The van der Waals surface area contributed by atoms with E-state index in [-0.39, 0.29) is 5.41 Å². The molecule has 1 saturated heterocycles. The van der Waals surface area contributed by atoms with Gasteiger partial charge in [-0.3, -0.25) is 4.99 Å². The van der Waals surface area contributed by atoms with Crippen LogP contribution < -0.4 is 15.4 Å². The number of nitrogens with zero attached hydrogens (tertiary/aromatic N) is 1. The minimum absolute atomic E-state index is 0.138. The van der Waals surface area contributed by atoms with Gasteiger partial charge in [0.1, 0.15) is 5.75 Å². The molecule has 0 aromatic heterocycles. The number of ether oxygens (including phenoxy) is 3. The first-order valence-corrected chi connectivity index (χ1v) is 9.36. The van der Waals surface area contributed by atoms with Crippen molar-refractivity contribution < 1.29 is 14.2 Å². The maximum absolute atomic E-state index is 5.86. The van der Waals surface area contributed by atoms with Crippen molar-refractivity contribution in [2.24, 2.45) is 16.3 Å². The Balaban J connectivity index is 1.40. The zero-order valence-corrected chi connectivity index (χ0v) is 16.2. The fourth-order valence-corrected chi connectivity index (χ4v) is 4.21. The molecule has 6 heteroatoms. The van der Waals surface area contributed by atoms with Crippen LogP contribution in [0.4, 0.5) is 0 Å². The number of para-hydroxylation sites is 1. The second-order valence-corrected chi connectivity index (χ2v) is 7.55. The lowest BCUT2D eigenvalue weighted by Crippen LogP contribution is -2.68. The largest absolute Gasteiger partial charge is 0.496 e. The minimum Gasteiger partial charge on any atom is -0.496 e. The smallest absolute Gasteiger partial charge is 0.191 e. The summed E-state index contributed by atoms with van der Waals surface area (Å²) in [5, 5.41) is 6.92. The van der Waals surface area contributed by atoms with E-state index in [1.165, 1.54) is 0 Å². The van der Waals surface area contributed by atoms with Crippen molar-refractivity contribution in [2.45, 2.75) is 39.0 Å². The Bertz CT molecular complexity index is 632. The van der Waals surface area contributed by atoms with Gasteiger partial charge in [-0.05, 0) is 12.5 Å². The normalized spacial score (nSPS) is 26.8. The molecule has 26 heavy (non-hydrogen) atoms. The SMILES string of the molecule is CN=C(NCCOCc1ccccc1OC)NC1C2CCOC2C1(C)C. The summed E-state index contributed by atoms with van der Waals surface area (Å²) in [7, 11) is 3.48. The highest BCUT2D eigenvalue weighted by atomic mass is 16.5. The summed E-state index contributed by atoms with van der Waals surface area (Å²) in [6, 6.07) is 8.32. The second kappa shape index (κ2) is 8.27. The summed E-state index contributed by atoms with van der Waals surface area (Å²) in [6.45, 7) is 7.24. The predicted octanol–water partition coefficient (Wildman–Crippen LogP) is 2.19. The van der Waals surface area contributed by atoms with E-state index in [0.717, 1.165) is 30.3 Å². The summed E-state index contributed by atoms with van der Waals surface area (Å²) >= 11 is 0. The molecule has 144 valence electrons. The lowest BCUT2D eigenvalue weighted by Gasteiger charge is -2.54. The number of rotatable bonds is 7. The fourth-order valence-electron chi connectivity index (χ4n) is 4.21. The monoisotopic (exact) mass is 361 g/mol. The molecule has 3 unspecified atom stereocenters. The number of fused-ring (bicyclic) bond motifs is 1. The van der Waals surface area contributed by atoms with Crippen molar-refractivity contribution >= 4 is 5.96 Å². The van der Waals surface area contributed by atoms with Gasteiger partial charge in [-0.1, -0.05) is 32.0 Å². The second-order valence-electron chi connectivity index (χ2n) is 7.55. The van der Waals surface area contributed by atoms with Gasteiger partial charge in [-0.2, -0.15) is 0 Å². The summed E-state index contributed by atoms with van der Waals surface area (Å²) < 4.78 is 17.0. The maximum atomic E-state index is 5.86. The predicted molar refractivity (Wildman–Crippen MR) is 103 cm³/mol. The molecule has 1 saturated carbocycles. The third-order valence-corrected chi connectivity index (χ3v) is 5.61. The molecule has 1 aromatic carbocycles. The van der Waals surface area contributed by atoms with Crippen LogP contribution in [0, 0.1) is 11.3 Å². The molecular weight excluding hydrogens is 330 g/mol. The van der Waals surface area contributed by atoms with Gasteiger partial charge >= 0.3 is 0 Å². The van der Waals surface area contributed by atoms with Crippen LogP contribution in [0.15, 0.2) is 29.3 Å². The average molecular weight is 361 g/mol. The molecule has 6 nitrogen and oxygen atoms in total. The summed E-state index contributed by atoms with van der Waals surface area (Å²) in [5.41, 5.74) is 1.19. The Morgan fingerprint density at radius 1 is 1.35 bits per heavy atom. The minimum atomic E-state index is 0.138. The number of methoxy groups -OCH3 is 1. The van der Waals surface area contributed by atoms with Crippen molar-refractivity contribution in [3.63, 3.8) is 0 Å². The van der Waals surface area contributed by atoms with E-state index >= 15 is 0 Å². The zero-order chi connectivity index (χ0) is 18.6. The van der Waals surface area contributed by atoms with Crippen LogP contribution in [0.1, 0.15) is 25.8 Å². The van der Waals surface area contributed by atoms with Gasteiger partial charge in [0.2, 0.25) is 0 Å². The third kappa shape index (κ3) is 3.81. The van der Waals surface area contributed by atoms with E-state index in [1.54, 1.807) is 14.2 Å². The molecular formula is C20H31N3O3. The van der Waals surface area contributed by atoms with Gasteiger partial charge in [-0.25, -0.2) is 0 Å². The molecule has 3 rings (SSSR count). The lowest BCUT2D eigenvalue weighted by atomic mass is 9.57. The van der Waals surface area contributed by atoms with Crippen molar-refractivity contribution in [1.29, 1.82) is 0 Å². The zero-order valence-electron chi connectivity index (χ0n) is 16.2. The van der Waals surface area contributed by atoms with Crippen molar-refractivity contribution in [3.05, 3.63) is 29.8 Å². The van der Waals surface area contributed by atoms with Gasteiger partial charge in [0, 0.05) is 43.1 Å². The Kier molecular flexibility index (Phi) is 6.04. The van der Waals surface area contributed by atoms with Crippen molar-refractivity contribution in [3.8, 4) is 5.75 Å². The Morgan fingerprint density at radius 3 is 2.92 bits per heavy atom. The van der Waals surface area contributed by atoms with Crippen LogP contribution >= 0.6 is 0 Å². The lowest BCUT2D eigenvalue weighted by molar-refractivity contribution is -0.106. The van der Waals surface area contributed by atoms with Crippen LogP contribution in [0.3, 0.4) is 0 Å². The number of benzene rings is 1. The highest BCUT2D eigenvalue weighted by Gasteiger charge is 2.59. The first kappa shape index (κ1) is 19.0. The Hall–Kier alpha value is -1.79. The quantitative estimate of drug-likeness (QED) is 0.443. The van der Waals surface area contributed by atoms with E-state index in [9.17, 15) is 0 Å². The number of guanidine groups is 1. The van der Waals surface area contributed by atoms with Crippen molar-refractivity contribution in [1.82, 2.24) is 10.6 Å². The van der Waals surface area contributed by atoms with E-state index in [0.29, 0.717) is 37.8 Å². The third-order valence-electron chi connectivity index (χ3n) is 5.61. The topological polar surface area (TPSA) is 64.1 Å². The molecule has 0 amide bonds. The Morgan fingerprint density at radius 2 is 2.15 bits per heavy atom. The van der Waals surface area contributed by atoms with E-state index < -0.39 is 0 Å². The molecule has 1 aromatic rings. The van der Waals surface area contributed by atoms with E-state index in [1.807, 2.05) is 24.3 Å². The van der Waals surface area contributed by atoms with Gasteiger partial charge in [0.25, 0.3) is 0 Å². The summed E-state index contributed by atoms with van der Waals surface area (Å²) in [5.74, 6) is 2.28. The maximum Gasteiger partial charge on any atom is 0.191 e. The number of hydrogen-bond acceptors (Lipinski definition) is 4. The first-order valence-electron chi connectivity index (χ1n) is 9.36. The van der Waals surface area contributed by atoms with Crippen LogP contribution in [-0.2, 0) is 16.1 Å². The number of hydrogen-bond donors (Lipinski definition) is 2. The van der Waals surface area contributed by atoms with Gasteiger partial charge in [0.15, 0.2) is 5.96 Å². The van der Waals surface area contributed by atoms with Crippen LogP contribution in [0.25, 0.3) is 0 Å². The number of aliphatic imine (C=N–C) groups is 1. The highest BCUT2D eigenvalue weighted by Crippen LogP contribution is 2.52. The molecule has 1 aliphatic heterocycles. The van der Waals surface area contributed by atoms with Crippen LogP contribution in [0.5, 0.6) is 5.75 Å². The average Bonchev–Trinajstić information content (AvgIpc) is 3.11. The van der Waals surface area contributed by atoms with Crippen LogP contribution in [-0.4, -0.2) is 52.0 Å². The summed E-state index contributed by atoms with van der Waals surface area (Å²) in [6.07, 6.45) is 1.51. The Labute approximate surface area is 156 Å². The fraction of sp³-hybridized carbons (Fsp3) is 0.650. The first-order chi connectivity index (χ1) is 12.6. The molecule has 2 aliphatic rings. The van der Waals surface area contributed by atoms with Gasteiger partial charge < -0.3 is 24.8 Å². The van der Waals surface area contributed by atoms with E-state index in [4.69, 9.17) is 14.2 Å². The molecule has 1 heterocycles. The molecule has 2 N–H and O–H groups in total. The molecule has 0 spiro atoms. The van der Waals surface area contributed by atoms with Gasteiger partial charge in [-0.15, -0.1) is 0 Å².